The number of hydrogen-bond acceptors (Lipinski definition) is 4. The smallest absolute Gasteiger partial charge is 0.243 e. The Kier molecular flexibility index (Phi) is 10.3. The third-order valence-corrected chi connectivity index (χ3v) is 6.07. The standard InChI is InChI=1S/C32H40N2O4/c1-24-11-9-14-26(21-24)23-34(30(35)15-10-20-38-28-18-16-27(37-5)17-19-28)29(31(36)33-32(2,3)4)22-25-12-7-6-8-13-25/h6-9,11-14,16-19,21,29H,10,15,20,22-23H2,1-5H3,(H,33,36). The minimum absolute atomic E-state index is 0.0742. The molecule has 1 N–H and O–H groups in total. The second-order valence-electron chi connectivity index (χ2n) is 10.6. The van der Waals surface area contributed by atoms with Gasteiger partial charge in [0.1, 0.15) is 17.5 Å². The number of hydrogen-bond donors (Lipinski definition) is 1. The third kappa shape index (κ3) is 9.25. The zero-order valence-electron chi connectivity index (χ0n) is 23.2. The van der Waals surface area contributed by atoms with Crippen molar-refractivity contribution in [3.8, 4) is 11.5 Å². The first-order valence-corrected chi connectivity index (χ1v) is 13.1. The van der Waals surface area contributed by atoms with Crippen LogP contribution in [-0.4, -0.2) is 42.0 Å². The highest BCUT2D eigenvalue weighted by Gasteiger charge is 2.32. The molecule has 0 spiro atoms. The van der Waals surface area contributed by atoms with Gasteiger partial charge in [-0.3, -0.25) is 9.59 Å². The van der Waals surface area contributed by atoms with Crippen molar-refractivity contribution < 1.29 is 19.1 Å². The number of benzene rings is 3. The highest BCUT2D eigenvalue weighted by molar-refractivity contribution is 5.88. The molecule has 0 fully saturated rings. The van der Waals surface area contributed by atoms with Crippen LogP contribution in [0.5, 0.6) is 11.5 Å². The fourth-order valence-electron chi connectivity index (χ4n) is 4.24. The third-order valence-electron chi connectivity index (χ3n) is 6.07. The summed E-state index contributed by atoms with van der Waals surface area (Å²) in [5, 5.41) is 3.10. The molecule has 3 aromatic rings. The van der Waals surface area contributed by atoms with Crippen LogP contribution in [-0.2, 0) is 22.6 Å². The van der Waals surface area contributed by atoms with Crippen molar-refractivity contribution in [3.63, 3.8) is 0 Å². The van der Waals surface area contributed by atoms with Crippen molar-refractivity contribution in [2.24, 2.45) is 0 Å². The molecule has 0 saturated heterocycles. The molecule has 0 heterocycles. The maximum absolute atomic E-state index is 13.7. The first-order valence-electron chi connectivity index (χ1n) is 13.1. The zero-order chi connectivity index (χ0) is 27.5. The second kappa shape index (κ2) is 13.7. The number of aryl methyl sites for hydroxylation is 1. The Labute approximate surface area is 227 Å². The molecule has 0 saturated carbocycles. The Morgan fingerprint density at radius 1 is 0.895 bits per heavy atom. The Balaban J connectivity index is 1.79. The second-order valence-corrected chi connectivity index (χ2v) is 10.6. The highest BCUT2D eigenvalue weighted by Crippen LogP contribution is 2.20. The average Bonchev–Trinajstić information content (AvgIpc) is 2.88. The first kappa shape index (κ1) is 28.8. The van der Waals surface area contributed by atoms with Crippen LogP contribution in [0.3, 0.4) is 0 Å². The fourth-order valence-corrected chi connectivity index (χ4v) is 4.24. The number of carbonyl (C=O) groups is 2. The molecule has 2 amide bonds. The summed E-state index contributed by atoms with van der Waals surface area (Å²) >= 11 is 0. The van der Waals surface area contributed by atoms with E-state index in [-0.39, 0.29) is 18.2 Å². The summed E-state index contributed by atoms with van der Waals surface area (Å²) in [5.41, 5.74) is 2.69. The minimum atomic E-state index is -0.646. The molecule has 0 aliphatic rings. The molecule has 6 heteroatoms. The summed E-state index contributed by atoms with van der Waals surface area (Å²) < 4.78 is 11.0. The van der Waals surface area contributed by atoms with Gasteiger partial charge in [0.05, 0.1) is 13.7 Å². The molecule has 202 valence electrons. The van der Waals surface area contributed by atoms with Gasteiger partial charge >= 0.3 is 0 Å². The van der Waals surface area contributed by atoms with E-state index >= 15 is 0 Å². The number of methoxy groups -OCH3 is 1. The van der Waals surface area contributed by atoms with Gasteiger partial charge < -0.3 is 19.7 Å². The van der Waals surface area contributed by atoms with E-state index in [4.69, 9.17) is 9.47 Å². The Morgan fingerprint density at radius 2 is 1.55 bits per heavy atom. The zero-order valence-corrected chi connectivity index (χ0v) is 23.2. The van der Waals surface area contributed by atoms with E-state index in [9.17, 15) is 9.59 Å². The number of rotatable bonds is 12. The van der Waals surface area contributed by atoms with Gasteiger partial charge in [-0.25, -0.2) is 0 Å². The van der Waals surface area contributed by atoms with Gasteiger partial charge in [-0.15, -0.1) is 0 Å². The summed E-state index contributed by atoms with van der Waals surface area (Å²) in [7, 11) is 1.62. The van der Waals surface area contributed by atoms with E-state index in [1.165, 1.54) is 0 Å². The Hall–Kier alpha value is -3.80. The van der Waals surface area contributed by atoms with Crippen molar-refractivity contribution >= 4 is 11.8 Å². The maximum Gasteiger partial charge on any atom is 0.243 e. The summed E-state index contributed by atoms with van der Waals surface area (Å²) in [6.07, 6.45) is 1.24. The number of nitrogens with zero attached hydrogens (tertiary/aromatic N) is 1. The SMILES string of the molecule is COc1ccc(OCCCC(=O)N(Cc2cccc(C)c2)C(Cc2ccccc2)C(=O)NC(C)(C)C)cc1. The molecule has 0 aliphatic heterocycles. The average molecular weight is 517 g/mol. The number of amides is 2. The van der Waals surface area contributed by atoms with Gasteiger partial charge in [0.25, 0.3) is 0 Å². The number of carbonyl (C=O) groups excluding carboxylic acids is 2. The van der Waals surface area contributed by atoms with Crippen LogP contribution in [0.25, 0.3) is 0 Å². The van der Waals surface area contributed by atoms with Crippen molar-refractivity contribution in [1.82, 2.24) is 10.2 Å². The predicted octanol–water partition coefficient (Wildman–Crippen LogP) is 5.72. The summed E-state index contributed by atoms with van der Waals surface area (Å²) in [6.45, 7) is 8.64. The lowest BCUT2D eigenvalue weighted by atomic mass is 10.00. The first-order chi connectivity index (χ1) is 18.1. The molecule has 0 aliphatic carbocycles. The van der Waals surface area contributed by atoms with E-state index in [0.717, 1.165) is 28.2 Å². The molecule has 0 bridgehead atoms. The highest BCUT2D eigenvalue weighted by atomic mass is 16.5. The molecule has 3 rings (SSSR count). The quantitative estimate of drug-likeness (QED) is 0.313. The molecule has 1 unspecified atom stereocenters. The summed E-state index contributed by atoms with van der Waals surface area (Å²) in [6, 6.07) is 24.7. The van der Waals surface area contributed by atoms with E-state index in [0.29, 0.717) is 26.0 Å². The summed E-state index contributed by atoms with van der Waals surface area (Å²) in [4.78, 5) is 29.0. The number of ether oxygens (including phenoxy) is 2. The van der Waals surface area contributed by atoms with E-state index < -0.39 is 11.6 Å². The van der Waals surface area contributed by atoms with Crippen molar-refractivity contribution in [2.45, 2.75) is 65.1 Å². The van der Waals surface area contributed by atoms with Gasteiger partial charge in [0.15, 0.2) is 0 Å². The van der Waals surface area contributed by atoms with E-state index in [1.54, 1.807) is 12.0 Å². The molecular weight excluding hydrogens is 476 g/mol. The largest absolute Gasteiger partial charge is 0.497 e. The van der Waals surface area contributed by atoms with Gasteiger partial charge in [-0.05, 0) is 69.5 Å². The summed E-state index contributed by atoms with van der Waals surface area (Å²) in [5.74, 6) is 1.25. The lowest BCUT2D eigenvalue weighted by molar-refractivity contribution is -0.142. The van der Waals surface area contributed by atoms with Gasteiger partial charge in [-0.2, -0.15) is 0 Å². The molecule has 38 heavy (non-hydrogen) atoms. The maximum atomic E-state index is 13.7. The number of nitrogens with one attached hydrogen (secondary N) is 1. The van der Waals surface area contributed by atoms with Gasteiger partial charge in [0.2, 0.25) is 11.8 Å². The van der Waals surface area contributed by atoms with E-state index in [2.05, 4.69) is 11.4 Å². The molecular formula is C32H40N2O4. The van der Waals surface area contributed by atoms with Gasteiger partial charge in [0, 0.05) is 24.9 Å². The lowest BCUT2D eigenvalue weighted by Gasteiger charge is -2.34. The molecule has 0 aromatic heterocycles. The van der Waals surface area contributed by atoms with Crippen LogP contribution in [0.15, 0.2) is 78.9 Å². The Bertz CT molecular complexity index is 1170. The van der Waals surface area contributed by atoms with Crippen LogP contribution in [0, 0.1) is 6.92 Å². The van der Waals surface area contributed by atoms with Crippen LogP contribution in [0.4, 0.5) is 0 Å². The van der Waals surface area contributed by atoms with Crippen molar-refractivity contribution in [3.05, 3.63) is 95.6 Å². The van der Waals surface area contributed by atoms with E-state index in [1.807, 2.05) is 100 Å². The Morgan fingerprint density at radius 3 is 2.18 bits per heavy atom. The molecule has 6 nitrogen and oxygen atoms in total. The molecule has 1 atom stereocenters. The minimum Gasteiger partial charge on any atom is -0.497 e. The molecule has 0 radical (unpaired) electrons. The van der Waals surface area contributed by atoms with Crippen LogP contribution in [0.2, 0.25) is 0 Å². The monoisotopic (exact) mass is 516 g/mol. The van der Waals surface area contributed by atoms with Crippen molar-refractivity contribution in [2.75, 3.05) is 13.7 Å². The topological polar surface area (TPSA) is 67.9 Å². The van der Waals surface area contributed by atoms with Crippen LogP contribution in [0.1, 0.15) is 50.3 Å². The lowest BCUT2D eigenvalue weighted by Crippen LogP contribution is -2.54. The normalized spacial score (nSPS) is 11.9. The van der Waals surface area contributed by atoms with Gasteiger partial charge in [-0.1, -0.05) is 60.2 Å². The molecule has 3 aromatic carbocycles. The van der Waals surface area contributed by atoms with Crippen LogP contribution >= 0.6 is 0 Å². The van der Waals surface area contributed by atoms with Crippen LogP contribution < -0.4 is 14.8 Å². The van der Waals surface area contributed by atoms with Crippen molar-refractivity contribution in [1.29, 1.82) is 0 Å². The predicted molar refractivity (Wildman–Crippen MR) is 151 cm³/mol. The fraction of sp³-hybridized carbons (Fsp3) is 0.375.